The van der Waals surface area contributed by atoms with Crippen LogP contribution in [0.2, 0.25) is 0 Å². The highest BCUT2D eigenvalue weighted by Gasteiger charge is 2.37. The highest BCUT2D eigenvalue weighted by atomic mass is 32.2. The summed E-state index contributed by atoms with van der Waals surface area (Å²) in [5.74, 6) is 0.738. The van der Waals surface area contributed by atoms with Crippen LogP contribution in [0.15, 0.2) is 34.1 Å². The molecule has 0 bridgehead atoms. The van der Waals surface area contributed by atoms with Crippen LogP contribution >= 0.6 is 23.5 Å². The molecule has 0 saturated carbocycles. The fourth-order valence-corrected chi connectivity index (χ4v) is 7.22. The number of thioether (sulfide) groups is 2. The molecule has 0 aromatic heterocycles. The van der Waals surface area contributed by atoms with E-state index < -0.39 is 11.5 Å². The van der Waals surface area contributed by atoms with Crippen molar-refractivity contribution in [2.24, 2.45) is 5.92 Å². The van der Waals surface area contributed by atoms with Crippen molar-refractivity contribution in [3.8, 4) is 11.5 Å². The maximum absolute atomic E-state index is 13.5. The predicted molar refractivity (Wildman–Crippen MR) is 182 cm³/mol. The summed E-state index contributed by atoms with van der Waals surface area (Å²) in [6.07, 6.45) is 0.454. The average Bonchev–Trinajstić information content (AvgIpc) is 2.83. The highest BCUT2D eigenvalue weighted by Crippen LogP contribution is 2.44. The number of Topliss-reactive ketones (excluding diaryl/α,β-unsaturated/α-hetero) is 1. The van der Waals surface area contributed by atoms with Crippen LogP contribution in [0.3, 0.4) is 0 Å². The molecular formula is C36H56O4S2. The van der Waals surface area contributed by atoms with Crippen LogP contribution in [0.1, 0.15) is 126 Å². The van der Waals surface area contributed by atoms with Crippen LogP contribution in [-0.2, 0) is 26.5 Å². The largest absolute Gasteiger partial charge is 0.507 e. The fraction of sp³-hybridized carbons (Fsp3) is 0.639. The van der Waals surface area contributed by atoms with Gasteiger partial charge < -0.3 is 15.3 Å². The van der Waals surface area contributed by atoms with Crippen molar-refractivity contribution in [3.05, 3.63) is 46.5 Å². The molecule has 2 aromatic carbocycles. The van der Waals surface area contributed by atoms with E-state index in [2.05, 4.69) is 83.1 Å². The van der Waals surface area contributed by atoms with Crippen LogP contribution < -0.4 is 0 Å². The number of hydrogen-bond acceptors (Lipinski definition) is 6. The lowest BCUT2D eigenvalue weighted by atomic mass is 9.79. The number of benzene rings is 2. The minimum atomic E-state index is -1.17. The topological polar surface area (TPSA) is 77.8 Å². The van der Waals surface area contributed by atoms with E-state index in [1.54, 1.807) is 11.8 Å². The monoisotopic (exact) mass is 616 g/mol. The number of phenols is 2. The first-order valence-corrected chi connectivity index (χ1v) is 17.1. The Bertz CT molecular complexity index is 1200. The van der Waals surface area contributed by atoms with Gasteiger partial charge in [0.2, 0.25) is 0 Å². The Morgan fingerprint density at radius 2 is 0.976 bits per heavy atom. The van der Waals surface area contributed by atoms with Gasteiger partial charge in [-0.05, 0) is 52.3 Å². The zero-order chi connectivity index (χ0) is 32.6. The van der Waals surface area contributed by atoms with Gasteiger partial charge in [0.1, 0.15) is 17.3 Å². The third-order valence-electron chi connectivity index (χ3n) is 8.17. The molecule has 0 aliphatic carbocycles. The van der Waals surface area contributed by atoms with E-state index in [1.165, 1.54) is 11.8 Å². The van der Waals surface area contributed by atoms with Gasteiger partial charge >= 0.3 is 0 Å². The first-order chi connectivity index (χ1) is 18.8. The number of rotatable bonds is 9. The van der Waals surface area contributed by atoms with Crippen molar-refractivity contribution >= 4 is 29.3 Å². The summed E-state index contributed by atoms with van der Waals surface area (Å²) in [5.41, 5.74) is 1.37. The number of ketones is 1. The van der Waals surface area contributed by atoms with Gasteiger partial charge in [0.25, 0.3) is 0 Å². The van der Waals surface area contributed by atoms with E-state index in [9.17, 15) is 20.1 Å². The van der Waals surface area contributed by atoms with Crippen molar-refractivity contribution in [2.75, 3.05) is 11.5 Å². The molecule has 6 heteroatoms. The van der Waals surface area contributed by atoms with Gasteiger partial charge in [0, 0.05) is 43.7 Å². The lowest BCUT2D eigenvalue weighted by Crippen LogP contribution is -2.43. The summed E-state index contributed by atoms with van der Waals surface area (Å²) in [7, 11) is 0. The number of carbonyl (C=O) groups is 1. The Labute approximate surface area is 264 Å². The average molecular weight is 617 g/mol. The summed E-state index contributed by atoms with van der Waals surface area (Å²) in [4.78, 5) is 15.4. The molecule has 4 nitrogen and oxygen atoms in total. The number of aromatic hydroxyl groups is 2. The molecule has 0 spiro atoms. The molecule has 0 amide bonds. The highest BCUT2D eigenvalue weighted by molar-refractivity contribution is 8.00. The van der Waals surface area contributed by atoms with E-state index >= 15 is 0 Å². The Kier molecular flexibility index (Phi) is 11.1. The summed E-state index contributed by atoms with van der Waals surface area (Å²) in [6, 6.07) is 8.05. The second kappa shape index (κ2) is 12.8. The van der Waals surface area contributed by atoms with Crippen molar-refractivity contribution in [1.82, 2.24) is 0 Å². The molecule has 0 radical (unpaired) electrons. The van der Waals surface area contributed by atoms with E-state index in [0.29, 0.717) is 23.7 Å². The Morgan fingerprint density at radius 3 is 1.26 bits per heavy atom. The van der Waals surface area contributed by atoms with Gasteiger partial charge in [0.05, 0.1) is 11.4 Å². The summed E-state index contributed by atoms with van der Waals surface area (Å²) in [5, 5.41) is 33.9. The summed E-state index contributed by atoms with van der Waals surface area (Å²) in [6.45, 7) is 28.8. The number of carbonyl (C=O) groups excluding carboxylic acids is 1. The van der Waals surface area contributed by atoms with Gasteiger partial charge in [-0.3, -0.25) is 4.79 Å². The van der Waals surface area contributed by atoms with Gasteiger partial charge in [-0.15, -0.1) is 23.5 Å². The first kappa shape index (κ1) is 36.6. The summed E-state index contributed by atoms with van der Waals surface area (Å²) >= 11 is 3.02. The van der Waals surface area contributed by atoms with Gasteiger partial charge in [-0.2, -0.15) is 0 Å². The van der Waals surface area contributed by atoms with Gasteiger partial charge in [-0.25, -0.2) is 0 Å². The van der Waals surface area contributed by atoms with Crippen molar-refractivity contribution < 1.29 is 20.1 Å². The molecule has 0 aliphatic heterocycles. The van der Waals surface area contributed by atoms with E-state index in [4.69, 9.17) is 0 Å². The van der Waals surface area contributed by atoms with Gasteiger partial charge in [0.15, 0.2) is 0 Å². The summed E-state index contributed by atoms with van der Waals surface area (Å²) < 4.78 is 0. The maximum atomic E-state index is 13.5. The lowest BCUT2D eigenvalue weighted by molar-refractivity contribution is -0.127. The zero-order valence-electron chi connectivity index (χ0n) is 28.6. The quantitative estimate of drug-likeness (QED) is 0.244. The Balaban J connectivity index is 2.31. The molecule has 2 rings (SSSR count). The number of hydrogen-bond donors (Lipinski definition) is 3. The molecule has 3 N–H and O–H groups in total. The molecule has 42 heavy (non-hydrogen) atoms. The first-order valence-electron chi connectivity index (χ1n) is 15.1. The van der Waals surface area contributed by atoms with Crippen LogP contribution in [0.5, 0.6) is 11.5 Å². The van der Waals surface area contributed by atoms with Crippen molar-refractivity contribution in [1.29, 1.82) is 0 Å². The minimum Gasteiger partial charge on any atom is -0.507 e. The minimum absolute atomic E-state index is 0.00381. The van der Waals surface area contributed by atoms with Crippen LogP contribution in [0, 0.1) is 5.92 Å². The third kappa shape index (κ3) is 8.72. The van der Waals surface area contributed by atoms with E-state index in [-0.39, 0.29) is 33.2 Å². The normalized spacial score (nSPS) is 15.4. The second-order valence-corrected chi connectivity index (χ2v) is 18.1. The Hall–Kier alpha value is -1.63. The van der Waals surface area contributed by atoms with Gasteiger partial charge in [-0.1, -0.05) is 96.9 Å². The van der Waals surface area contributed by atoms with Crippen molar-refractivity contribution in [2.45, 2.75) is 140 Å². The van der Waals surface area contributed by atoms with Crippen LogP contribution in [0.25, 0.3) is 0 Å². The smallest absolute Gasteiger partial charge is 0.148 e. The second-order valence-electron chi connectivity index (χ2n) is 16.0. The predicted octanol–water partition coefficient (Wildman–Crippen LogP) is 9.52. The lowest BCUT2D eigenvalue weighted by Gasteiger charge is -2.33. The zero-order valence-corrected chi connectivity index (χ0v) is 30.2. The third-order valence-corrected chi connectivity index (χ3v) is 10.4. The number of aliphatic hydroxyl groups is 1. The molecule has 0 fully saturated rings. The maximum Gasteiger partial charge on any atom is 0.148 e. The molecule has 0 aliphatic rings. The standard InChI is InChI=1S/C36H56O4S2/c1-15-36(40,21-42-24-18-27(34(9,10)11)31(39)28(19-24)35(12,13)14)22(2)29(37)20-41-23-16-25(32(3,4)5)30(38)26(17-23)33(6,7)8/h16-19,22,38-40H,15,20-21H2,1-14H3. The molecule has 2 atom stereocenters. The molecule has 2 unspecified atom stereocenters. The molecule has 2 aromatic rings. The SMILES string of the molecule is CCC(O)(CSc1cc(C(C)(C)C)c(O)c(C(C)(C)C)c1)C(C)C(=O)CSc1cc(C(C)(C)C)c(O)c(C(C)(C)C)c1. The van der Waals surface area contributed by atoms with E-state index in [0.717, 1.165) is 32.0 Å². The van der Waals surface area contributed by atoms with Crippen LogP contribution in [-0.4, -0.2) is 38.2 Å². The molecule has 0 saturated heterocycles. The van der Waals surface area contributed by atoms with Crippen LogP contribution in [0.4, 0.5) is 0 Å². The molecule has 236 valence electrons. The number of phenolic OH excluding ortho intramolecular Hbond substituents is 2. The van der Waals surface area contributed by atoms with E-state index in [1.807, 2.05) is 38.1 Å². The Morgan fingerprint density at radius 1 is 0.667 bits per heavy atom. The fourth-order valence-electron chi connectivity index (χ4n) is 4.99. The van der Waals surface area contributed by atoms with Crippen molar-refractivity contribution in [3.63, 3.8) is 0 Å². The molecular weight excluding hydrogens is 561 g/mol. The molecule has 0 heterocycles.